The van der Waals surface area contributed by atoms with Crippen LogP contribution in [0.4, 0.5) is 0 Å². The standard InChI is InChI=1S/C8H13ClO2/c1-2-3-4-7(6-9)5-8(10)11/h2-3,7H,4-6H2,1H3,(H,10,11). The molecule has 0 aliphatic heterocycles. The molecular formula is C8H13ClO2. The van der Waals surface area contributed by atoms with Gasteiger partial charge in [-0.25, -0.2) is 0 Å². The number of hydrogen-bond donors (Lipinski definition) is 1. The first-order valence-electron chi connectivity index (χ1n) is 3.59. The molecule has 1 unspecified atom stereocenters. The van der Waals surface area contributed by atoms with Crippen molar-refractivity contribution in [1.29, 1.82) is 0 Å². The first-order valence-corrected chi connectivity index (χ1v) is 4.13. The molecule has 3 heteroatoms. The molecule has 0 heterocycles. The van der Waals surface area contributed by atoms with E-state index in [0.717, 1.165) is 6.42 Å². The Labute approximate surface area is 71.9 Å². The maximum atomic E-state index is 10.2. The van der Waals surface area contributed by atoms with Gasteiger partial charge in [0.15, 0.2) is 0 Å². The highest BCUT2D eigenvalue weighted by Gasteiger charge is 2.09. The van der Waals surface area contributed by atoms with Gasteiger partial charge in [-0.2, -0.15) is 0 Å². The van der Waals surface area contributed by atoms with E-state index < -0.39 is 5.97 Å². The Morgan fingerprint density at radius 2 is 2.36 bits per heavy atom. The van der Waals surface area contributed by atoms with Gasteiger partial charge < -0.3 is 5.11 Å². The Balaban J connectivity index is 3.66. The maximum absolute atomic E-state index is 10.2. The minimum absolute atomic E-state index is 0.0744. The summed E-state index contributed by atoms with van der Waals surface area (Å²) in [6.07, 6.45) is 4.76. The molecule has 0 fully saturated rings. The van der Waals surface area contributed by atoms with Crippen LogP contribution in [0.2, 0.25) is 0 Å². The van der Waals surface area contributed by atoms with Crippen LogP contribution in [0.25, 0.3) is 0 Å². The first-order chi connectivity index (χ1) is 5.20. The van der Waals surface area contributed by atoms with Crippen molar-refractivity contribution in [3.05, 3.63) is 12.2 Å². The second-order valence-electron chi connectivity index (χ2n) is 2.42. The molecule has 1 atom stereocenters. The van der Waals surface area contributed by atoms with Crippen molar-refractivity contribution >= 4 is 17.6 Å². The van der Waals surface area contributed by atoms with E-state index in [0.29, 0.717) is 5.88 Å². The highest BCUT2D eigenvalue weighted by molar-refractivity contribution is 6.18. The fraction of sp³-hybridized carbons (Fsp3) is 0.625. The summed E-state index contributed by atoms with van der Waals surface area (Å²) in [4.78, 5) is 10.2. The van der Waals surface area contributed by atoms with E-state index in [1.54, 1.807) is 0 Å². The van der Waals surface area contributed by atoms with Gasteiger partial charge >= 0.3 is 5.97 Å². The number of rotatable bonds is 5. The summed E-state index contributed by atoms with van der Waals surface area (Å²) in [6.45, 7) is 1.91. The molecule has 0 amide bonds. The quantitative estimate of drug-likeness (QED) is 0.516. The number of carboxylic acids is 1. The highest BCUT2D eigenvalue weighted by atomic mass is 35.5. The molecule has 0 aromatic carbocycles. The number of aliphatic carboxylic acids is 1. The third-order valence-corrected chi connectivity index (χ3v) is 1.82. The van der Waals surface area contributed by atoms with E-state index >= 15 is 0 Å². The summed E-state index contributed by atoms with van der Waals surface area (Å²) in [5.41, 5.74) is 0. The molecule has 0 aliphatic rings. The molecule has 0 aliphatic carbocycles. The molecule has 2 nitrogen and oxygen atoms in total. The summed E-state index contributed by atoms with van der Waals surface area (Å²) < 4.78 is 0. The Morgan fingerprint density at radius 3 is 2.73 bits per heavy atom. The summed E-state index contributed by atoms with van der Waals surface area (Å²) in [6, 6.07) is 0. The molecule has 0 aromatic rings. The monoisotopic (exact) mass is 176 g/mol. The first kappa shape index (κ1) is 10.5. The number of allylic oxidation sites excluding steroid dienone is 2. The number of carbonyl (C=O) groups is 1. The third-order valence-electron chi connectivity index (χ3n) is 1.39. The number of alkyl halides is 1. The molecule has 11 heavy (non-hydrogen) atoms. The number of carboxylic acid groups (broad SMARTS) is 1. The summed E-state index contributed by atoms with van der Waals surface area (Å²) >= 11 is 5.55. The molecule has 0 bridgehead atoms. The fourth-order valence-electron chi connectivity index (χ4n) is 0.776. The lowest BCUT2D eigenvalue weighted by atomic mass is 10.0. The smallest absolute Gasteiger partial charge is 0.303 e. The van der Waals surface area contributed by atoms with E-state index in [1.165, 1.54) is 0 Å². The predicted octanol–water partition coefficient (Wildman–Crippen LogP) is 2.28. The average Bonchev–Trinajstić information content (AvgIpc) is 1.97. The predicted molar refractivity (Wildman–Crippen MR) is 45.9 cm³/mol. The van der Waals surface area contributed by atoms with Gasteiger partial charge in [0.05, 0.1) is 0 Å². The van der Waals surface area contributed by atoms with Crippen LogP contribution in [-0.2, 0) is 4.79 Å². The molecule has 0 radical (unpaired) electrons. The van der Waals surface area contributed by atoms with Crippen molar-refractivity contribution in [2.75, 3.05) is 5.88 Å². The number of hydrogen-bond acceptors (Lipinski definition) is 1. The number of halogens is 1. The molecule has 1 N–H and O–H groups in total. The van der Waals surface area contributed by atoms with Crippen molar-refractivity contribution in [2.24, 2.45) is 5.92 Å². The Bertz CT molecular complexity index is 143. The van der Waals surface area contributed by atoms with Gasteiger partial charge in [-0.1, -0.05) is 12.2 Å². The zero-order valence-electron chi connectivity index (χ0n) is 6.59. The van der Waals surface area contributed by atoms with Crippen LogP contribution in [0.3, 0.4) is 0 Å². The van der Waals surface area contributed by atoms with Crippen molar-refractivity contribution in [3.63, 3.8) is 0 Å². The van der Waals surface area contributed by atoms with E-state index in [-0.39, 0.29) is 12.3 Å². The van der Waals surface area contributed by atoms with E-state index in [1.807, 2.05) is 19.1 Å². The normalized spacial score (nSPS) is 13.6. The van der Waals surface area contributed by atoms with Crippen molar-refractivity contribution in [2.45, 2.75) is 19.8 Å². The zero-order chi connectivity index (χ0) is 8.69. The van der Waals surface area contributed by atoms with Crippen LogP contribution in [0.5, 0.6) is 0 Å². The molecule has 0 saturated carbocycles. The van der Waals surface area contributed by atoms with Crippen LogP contribution in [-0.4, -0.2) is 17.0 Å². The Morgan fingerprint density at radius 1 is 1.73 bits per heavy atom. The summed E-state index contributed by atoms with van der Waals surface area (Å²) in [5.74, 6) is -0.290. The van der Waals surface area contributed by atoms with Gasteiger partial charge in [-0.05, 0) is 19.3 Å². The van der Waals surface area contributed by atoms with Gasteiger partial charge in [0, 0.05) is 12.3 Å². The SMILES string of the molecule is CC=CCC(CCl)CC(=O)O. The van der Waals surface area contributed by atoms with Gasteiger partial charge in [0.1, 0.15) is 0 Å². The fourth-order valence-corrected chi connectivity index (χ4v) is 1.01. The van der Waals surface area contributed by atoms with Crippen molar-refractivity contribution in [1.82, 2.24) is 0 Å². The minimum Gasteiger partial charge on any atom is -0.481 e. The lowest BCUT2D eigenvalue weighted by Crippen LogP contribution is -2.08. The molecular weight excluding hydrogens is 164 g/mol. The van der Waals surface area contributed by atoms with Crippen LogP contribution < -0.4 is 0 Å². The molecule has 0 spiro atoms. The van der Waals surface area contributed by atoms with Crippen LogP contribution in [0.15, 0.2) is 12.2 Å². The average molecular weight is 177 g/mol. The second-order valence-corrected chi connectivity index (χ2v) is 2.73. The lowest BCUT2D eigenvalue weighted by molar-refractivity contribution is -0.137. The van der Waals surface area contributed by atoms with Gasteiger partial charge in [0.2, 0.25) is 0 Å². The lowest BCUT2D eigenvalue weighted by Gasteiger charge is -2.06. The van der Waals surface area contributed by atoms with Gasteiger partial charge in [0.25, 0.3) is 0 Å². The van der Waals surface area contributed by atoms with Crippen molar-refractivity contribution in [3.8, 4) is 0 Å². The molecule has 0 aromatic heterocycles. The van der Waals surface area contributed by atoms with E-state index in [4.69, 9.17) is 16.7 Å². The summed E-state index contributed by atoms with van der Waals surface area (Å²) in [5, 5.41) is 8.43. The van der Waals surface area contributed by atoms with Crippen LogP contribution in [0.1, 0.15) is 19.8 Å². The largest absolute Gasteiger partial charge is 0.481 e. The summed E-state index contributed by atoms with van der Waals surface area (Å²) in [7, 11) is 0. The van der Waals surface area contributed by atoms with Crippen LogP contribution in [0, 0.1) is 5.92 Å². The third kappa shape index (κ3) is 5.92. The van der Waals surface area contributed by atoms with E-state index in [2.05, 4.69) is 0 Å². The molecule has 0 rings (SSSR count). The maximum Gasteiger partial charge on any atom is 0.303 e. The van der Waals surface area contributed by atoms with Gasteiger partial charge in [-0.15, -0.1) is 11.6 Å². The minimum atomic E-state index is -0.778. The second kappa shape index (κ2) is 6.23. The Kier molecular flexibility index (Phi) is 5.94. The highest BCUT2D eigenvalue weighted by Crippen LogP contribution is 2.11. The molecule has 0 saturated heterocycles. The molecule has 64 valence electrons. The van der Waals surface area contributed by atoms with Crippen molar-refractivity contribution < 1.29 is 9.90 Å². The zero-order valence-corrected chi connectivity index (χ0v) is 7.34. The Hall–Kier alpha value is -0.500. The van der Waals surface area contributed by atoms with E-state index in [9.17, 15) is 4.79 Å². The van der Waals surface area contributed by atoms with Gasteiger partial charge in [-0.3, -0.25) is 4.79 Å². The van der Waals surface area contributed by atoms with Crippen LogP contribution >= 0.6 is 11.6 Å². The topological polar surface area (TPSA) is 37.3 Å².